The van der Waals surface area contributed by atoms with Gasteiger partial charge in [-0.3, -0.25) is 0 Å². The summed E-state index contributed by atoms with van der Waals surface area (Å²) in [4.78, 5) is 17.8. The summed E-state index contributed by atoms with van der Waals surface area (Å²) >= 11 is 0. The van der Waals surface area contributed by atoms with Gasteiger partial charge < -0.3 is 19.8 Å². The molecule has 0 radical (unpaired) electrons. The van der Waals surface area contributed by atoms with Crippen molar-refractivity contribution in [2.75, 3.05) is 0 Å². The molecule has 4 nitrogen and oxygen atoms in total. The van der Waals surface area contributed by atoms with Crippen molar-refractivity contribution in [3.8, 4) is 0 Å². The Bertz CT molecular complexity index is 75.3. The van der Waals surface area contributed by atoms with Crippen LogP contribution in [0.3, 0.4) is 0 Å². The third-order valence-corrected chi connectivity index (χ3v) is 0. The van der Waals surface area contributed by atoms with E-state index in [0.717, 1.165) is 13.8 Å². The average molecular weight is 190 g/mol. The Hall–Kier alpha value is 0.161. The second-order valence-corrected chi connectivity index (χ2v) is 0.983. The van der Waals surface area contributed by atoms with Crippen molar-refractivity contribution in [2.45, 2.75) is 13.8 Å². The molecule has 0 aromatic carbocycles. The minimum Gasteiger partial charge on any atom is -0.550 e. The third kappa shape index (κ3) is 16200. The van der Waals surface area contributed by atoms with Crippen molar-refractivity contribution in [2.24, 2.45) is 0 Å². The van der Waals surface area contributed by atoms with Crippen LogP contribution < -0.4 is 29.1 Å². The smallest absolute Gasteiger partial charge is 0.550 e. The van der Waals surface area contributed by atoms with Gasteiger partial charge in [0.25, 0.3) is 0 Å². The van der Waals surface area contributed by atoms with Crippen LogP contribution in [-0.4, -0.2) is 11.9 Å². The number of rotatable bonds is 0. The van der Waals surface area contributed by atoms with Gasteiger partial charge in [0.2, 0.25) is 0 Å². The number of hydrogen-bond acceptors (Lipinski definition) is 4. The maximum absolute atomic E-state index is 8.89. The fraction of sp³-hybridized carbons (Fsp3) is 0.500. The number of hydrogen-bond donors (Lipinski definition) is 0. The molecule has 0 aromatic rings. The SMILES string of the molecule is CC(=O)[O-].CC(=O)[O-].[Li+].[Zn+2]. The van der Waals surface area contributed by atoms with Crippen LogP contribution in [0.5, 0.6) is 0 Å². The van der Waals surface area contributed by atoms with Crippen LogP contribution in [0.25, 0.3) is 0 Å². The van der Waals surface area contributed by atoms with E-state index in [1.165, 1.54) is 0 Å². The van der Waals surface area contributed by atoms with Gasteiger partial charge in [-0.15, -0.1) is 0 Å². The van der Waals surface area contributed by atoms with Crippen molar-refractivity contribution in [1.29, 1.82) is 0 Å². The molecule has 0 aliphatic heterocycles. The first-order valence-corrected chi connectivity index (χ1v) is 1.82. The zero-order valence-electron chi connectivity index (χ0n) is 6.34. The van der Waals surface area contributed by atoms with Crippen LogP contribution in [-0.2, 0) is 29.1 Å². The maximum Gasteiger partial charge on any atom is 2.00 e. The fourth-order valence-corrected chi connectivity index (χ4v) is 0. The summed E-state index contributed by atoms with van der Waals surface area (Å²) in [5, 5.41) is 17.8. The van der Waals surface area contributed by atoms with Crippen LogP contribution in [0.1, 0.15) is 13.8 Å². The van der Waals surface area contributed by atoms with Gasteiger partial charge in [-0.1, -0.05) is 0 Å². The Kier molecular flexibility index (Phi) is 36.1. The molecule has 0 bridgehead atoms. The van der Waals surface area contributed by atoms with E-state index in [4.69, 9.17) is 19.8 Å². The molecule has 48 valence electrons. The summed E-state index contributed by atoms with van der Waals surface area (Å²) in [6.45, 7) is 1.94. The number of carboxylic acid groups (broad SMARTS) is 2. The molecule has 0 N–H and O–H groups in total. The predicted molar refractivity (Wildman–Crippen MR) is 21.4 cm³/mol. The largest absolute Gasteiger partial charge is 2.00 e. The molecule has 0 aliphatic rings. The minimum absolute atomic E-state index is 0. The molecule has 0 heterocycles. The normalized spacial score (nSPS) is 5.00. The minimum atomic E-state index is -1.08. The molecule has 0 saturated carbocycles. The van der Waals surface area contributed by atoms with E-state index in [1.807, 2.05) is 0 Å². The van der Waals surface area contributed by atoms with Gasteiger partial charge in [0, 0.05) is 11.9 Å². The molecule has 0 saturated heterocycles. The fourth-order valence-electron chi connectivity index (χ4n) is 0. The van der Waals surface area contributed by atoms with Crippen molar-refractivity contribution in [3.63, 3.8) is 0 Å². The summed E-state index contributed by atoms with van der Waals surface area (Å²) in [6, 6.07) is 0. The number of carbonyl (C=O) groups excluding carboxylic acids is 2. The van der Waals surface area contributed by atoms with Crippen LogP contribution >= 0.6 is 0 Å². The van der Waals surface area contributed by atoms with E-state index in [9.17, 15) is 0 Å². The second kappa shape index (κ2) is 16.1. The molecule has 0 spiro atoms. The zero-order chi connectivity index (χ0) is 7.15. The van der Waals surface area contributed by atoms with Crippen LogP contribution in [0.4, 0.5) is 0 Å². The van der Waals surface area contributed by atoms with Crippen molar-refractivity contribution < 1.29 is 58.1 Å². The molecule has 0 unspecified atom stereocenters. The topological polar surface area (TPSA) is 80.3 Å². The van der Waals surface area contributed by atoms with Crippen molar-refractivity contribution >= 4 is 11.9 Å². The third-order valence-electron chi connectivity index (χ3n) is 0. The zero-order valence-corrected chi connectivity index (χ0v) is 9.31. The molecule has 10 heavy (non-hydrogen) atoms. The van der Waals surface area contributed by atoms with Crippen molar-refractivity contribution in [3.05, 3.63) is 0 Å². The molecule has 0 aromatic heterocycles. The first-order chi connectivity index (χ1) is 3.46. The molecule has 6 heteroatoms. The molecule has 0 amide bonds. The Labute approximate surface area is 83.9 Å². The number of carboxylic acids is 2. The molecule has 0 atom stereocenters. The summed E-state index contributed by atoms with van der Waals surface area (Å²) < 4.78 is 0. The van der Waals surface area contributed by atoms with Crippen molar-refractivity contribution in [1.82, 2.24) is 0 Å². The molecule has 0 aliphatic carbocycles. The molecule has 0 fully saturated rings. The van der Waals surface area contributed by atoms with E-state index < -0.39 is 11.9 Å². The maximum atomic E-state index is 8.89. The second-order valence-electron chi connectivity index (χ2n) is 0.983. The molecular weight excluding hydrogens is 184 g/mol. The van der Waals surface area contributed by atoms with Gasteiger partial charge in [-0.05, 0) is 13.8 Å². The summed E-state index contributed by atoms with van der Waals surface area (Å²) in [6.07, 6.45) is 0. The summed E-state index contributed by atoms with van der Waals surface area (Å²) in [7, 11) is 0. The standard InChI is InChI=1S/2C2H4O2.Li.Zn/c2*1-2(3)4;;/h2*1H3,(H,3,4);;/q;;+1;+2/p-2. The molecule has 0 rings (SSSR count). The Morgan fingerprint density at radius 3 is 1.00 bits per heavy atom. The summed E-state index contributed by atoms with van der Waals surface area (Å²) in [5.74, 6) is -2.17. The van der Waals surface area contributed by atoms with Gasteiger partial charge in [0.15, 0.2) is 0 Å². The van der Waals surface area contributed by atoms with Crippen LogP contribution in [0.2, 0.25) is 0 Å². The van der Waals surface area contributed by atoms with Gasteiger partial charge in [0.1, 0.15) is 0 Å². The number of carbonyl (C=O) groups is 2. The monoisotopic (exact) mass is 189 g/mol. The van der Waals surface area contributed by atoms with E-state index in [0.29, 0.717) is 0 Å². The number of aliphatic carboxylic acids is 2. The van der Waals surface area contributed by atoms with E-state index >= 15 is 0 Å². The van der Waals surface area contributed by atoms with Gasteiger partial charge >= 0.3 is 38.3 Å². The van der Waals surface area contributed by atoms with Gasteiger partial charge in [-0.25, -0.2) is 0 Å². The summed E-state index contributed by atoms with van der Waals surface area (Å²) in [5.41, 5.74) is 0. The van der Waals surface area contributed by atoms with E-state index in [2.05, 4.69) is 0 Å². The van der Waals surface area contributed by atoms with Gasteiger partial charge in [-0.2, -0.15) is 0 Å². The Balaban J connectivity index is -0.0000000300. The van der Waals surface area contributed by atoms with Gasteiger partial charge in [0.05, 0.1) is 0 Å². The average Bonchev–Trinajstić information content (AvgIpc) is 1.25. The Morgan fingerprint density at radius 2 is 1.00 bits per heavy atom. The van der Waals surface area contributed by atoms with Crippen LogP contribution in [0.15, 0.2) is 0 Å². The molecular formula is C4H6LiO4Zn+. The Morgan fingerprint density at radius 1 is 1.00 bits per heavy atom. The first kappa shape index (κ1) is 22.5. The predicted octanol–water partition coefficient (Wildman–Crippen LogP) is -5.49. The first-order valence-electron chi connectivity index (χ1n) is 1.82. The van der Waals surface area contributed by atoms with E-state index in [1.54, 1.807) is 0 Å². The quantitative estimate of drug-likeness (QED) is 0.357. The van der Waals surface area contributed by atoms with Crippen LogP contribution in [0, 0.1) is 0 Å². The van der Waals surface area contributed by atoms with E-state index in [-0.39, 0.29) is 38.3 Å².